The van der Waals surface area contributed by atoms with Crippen LogP contribution in [0.3, 0.4) is 0 Å². The number of hydrogen-bond donors (Lipinski definition) is 2. The highest BCUT2D eigenvalue weighted by molar-refractivity contribution is 8.56. The van der Waals surface area contributed by atoms with E-state index in [2.05, 4.69) is 10.4 Å². The van der Waals surface area contributed by atoms with E-state index in [1.165, 1.54) is 23.5 Å². The van der Waals surface area contributed by atoms with Crippen LogP contribution in [0, 0.1) is 0 Å². The summed E-state index contributed by atoms with van der Waals surface area (Å²) in [6, 6.07) is 6.24. The van der Waals surface area contributed by atoms with Gasteiger partial charge in [0.15, 0.2) is 14.9 Å². The molecule has 0 aliphatic rings. The molecule has 2 N–H and O–H groups in total. The number of thiocarbonyl (C=S) groups is 1. The van der Waals surface area contributed by atoms with Gasteiger partial charge in [-0.15, -0.1) is 0 Å². The van der Waals surface area contributed by atoms with E-state index in [0.717, 1.165) is 0 Å². The molecule has 0 bridgehead atoms. The second-order valence-electron chi connectivity index (χ2n) is 5.06. The van der Waals surface area contributed by atoms with Crippen LogP contribution in [0.4, 0.5) is 5.69 Å². The van der Waals surface area contributed by atoms with Crippen molar-refractivity contribution >= 4 is 51.0 Å². The Balaban J connectivity index is 2.78. The Morgan fingerprint density at radius 1 is 1.29 bits per heavy atom. The fourth-order valence-corrected chi connectivity index (χ4v) is 7.24. The lowest BCUT2D eigenvalue weighted by Gasteiger charge is -2.21. The lowest BCUT2D eigenvalue weighted by Crippen LogP contribution is -2.26. The fourth-order valence-electron chi connectivity index (χ4n) is 1.73. The number of sulfone groups is 1. The molecule has 0 saturated carbocycles. The van der Waals surface area contributed by atoms with Crippen LogP contribution in [-0.4, -0.2) is 31.1 Å². The molecule has 0 aromatic heterocycles. The van der Waals surface area contributed by atoms with Gasteiger partial charge in [-0.1, -0.05) is 20.8 Å². The second kappa shape index (κ2) is 9.20. The van der Waals surface area contributed by atoms with Crippen molar-refractivity contribution < 1.29 is 17.5 Å². The van der Waals surface area contributed by atoms with Crippen LogP contribution in [0.25, 0.3) is 0 Å². The zero-order chi connectivity index (χ0) is 18.4. The quantitative estimate of drug-likeness (QED) is 0.490. The highest BCUT2D eigenvalue weighted by Gasteiger charge is 2.26. The van der Waals surface area contributed by atoms with Gasteiger partial charge in [0.25, 0.3) is 0 Å². The summed E-state index contributed by atoms with van der Waals surface area (Å²) in [5, 5.41) is 5.88. The van der Waals surface area contributed by atoms with E-state index in [1.807, 2.05) is 13.8 Å². The van der Waals surface area contributed by atoms with Crippen molar-refractivity contribution in [2.24, 2.45) is 0 Å². The molecule has 0 aliphatic heterocycles. The molecule has 10 heteroatoms. The minimum atomic E-state index is -3.24. The molecule has 1 atom stereocenters. The first-order valence-electron chi connectivity index (χ1n) is 7.47. The molecule has 0 radical (unpaired) electrons. The number of rotatable bonds is 8. The molecule has 0 amide bonds. The van der Waals surface area contributed by atoms with Crippen molar-refractivity contribution in [3.63, 3.8) is 0 Å². The molecule has 1 rings (SSSR count). The Kier molecular flexibility index (Phi) is 8.22. The molecular formula is C14H23N2O4PS3. The van der Waals surface area contributed by atoms with Crippen molar-refractivity contribution in [2.45, 2.75) is 37.8 Å². The Morgan fingerprint density at radius 3 is 2.33 bits per heavy atom. The highest BCUT2D eigenvalue weighted by Crippen LogP contribution is 2.57. The third-order valence-corrected chi connectivity index (χ3v) is 9.33. The number of nitrogens with one attached hydrogen (secondary N) is 2. The summed E-state index contributed by atoms with van der Waals surface area (Å²) in [7, 11) is -3.24. The first-order valence-corrected chi connectivity index (χ1v) is 12.6. The van der Waals surface area contributed by atoms with E-state index < -0.39 is 16.6 Å². The smallest absolute Gasteiger partial charge is 0.332 e. The predicted molar refractivity (Wildman–Crippen MR) is 105 cm³/mol. The number of benzene rings is 1. The van der Waals surface area contributed by atoms with Gasteiger partial charge in [-0.2, -0.15) is 0 Å². The summed E-state index contributed by atoms with van der Waals surface area (Å²) in [6.45, 7) is 4.35. The van der Waals surface area contributed by atoms with E-state index in [-0.39, 0.29) is 21.0 Å². The van der Waals surface area contributed by atoms with Crippen LogP contribution in [-0.2, 0) is 18.9 Å². The summed E-state index contributed by atoms with van der Waals surface area (Å²) in [4.78, 5) is 0.254. The van der Waals surface area contributed by atoms with E-state index in [1.54, 1.807) is 26.0 Å². The molecule has 1 unspecified atom stereocenters. The average Bonchev–Trinajstić information content (AvgIpc) is 2.46. The lowest BCUT2D eigenvalue weighted by atomic mass is 10.3. The van der Waals surface area contributed by atoms with Gasteiger partial charge in [-0.25, -0.2) is 8.42 Å². The number of anilines is 1. The predicted octanol–water partition coefficient (Wildman–Crippen LogP) is 4.05. The molecule has 0 heterocycles. The third kappa shape index (κ3) is 6.72. The summed E-state index contributed by atoms with van der Waals surface area (Å²) in [5.41, 5.74) is 0.597. The highest BCUT2D eigenvalue weighted by atomic mass is 32.7. The molecule has 136 valence electrons. The molecule has 1 aromatic carbocycles. The van der Waals surface area contributed by atoms with Crippen LogP contribution in [0.5, 0.6) is 0 Å². The van der Waals surface area contributed by atoms with E-state index in [0.29, 0.717) is 12.3 Å². The topological polar surface area (TPSA) is 84.5 Å². The molecule has 0 saturated heterocycles. The Hall–Kier alpha value is -0.600. The minimum Gasteiger partial charge on any atom is -0.332 e. The van der Waals surface area contributed by atoms with Crippen LogP contribution >= 0.6 is 30.3 Å². The monoisotopic (exact) mass is 410 g/mol. The normalized spacial score (nSPS) is 14.2. The van der Waals surface area contributed by atoms with Gasteiger partial charge in [0.1, 0.15) is 0 Å². The maximum absolute atomic E-state index is 12.7. The lowest BCUT2D eigenvalue weighted by molar-refractivity contribution is 0.343. The molecule has 0 aliphatic carbocycles. The summed E-state index contributed by atoms with van der Waals surface area (Å²) in [6.07, 6.45) is 0. The van der Waals surface area contributed by atoms with Crippen LogP contribution in [0.1, 0.15) is 27.7 Å². The molecule has 1 aromatic rings. The van der Waals surface area contributed by atoms with E-state index in [4.69, 9.17) is 16.7 Å². The van der Waals surface area contributed by atoms with Gasteiger partial charge in [-0.3, -0.25) is 9.65 Å². The zero-order valence-corrected chi connectivity index (χ0v) is 17.4. The van der Waals surface area contributed by atoms with Gasteiger partial charge in [0.05, 0.1) is 17.3 Å². The van der Waals surface area contributed by atoms with Crippen molar-refractivity contribution in [3.05, 3.63) is 24.3 Å². The maximum Gasteiger partial charge on any atom is 0.353 e. The molecule has 0 spiro atoms. The third-order valence-electron chi connectivity index (χ3n) is 2.74. The second-order valence-corrected chi connectivity index (χ2v) is 12.5. The Morgan fingerprint density at radius 2 is 1.88 bits per heavy atom. The number of hydrogen-bond acceptors (Lipinski definition) is 6. The van der Waals surface area contributed by atoms with Gasteiger partial charge < -0.3 is 9.84 Å². The molecule has 6 nitrogen and oxygen atoms in total. The summed E-state index contributed by atoms with van der Waals surface area (Å²) in [5.74, 6) is 0.0453. The molecule has 24 heavy (non-hydrogen) atoms. The van der Waals surface area contributed by atoms with Gasteiger partial charge in [0, 0.05) is 10.9 Å². The van der Waals surface area contributed by atoms with Crippen molar-refractivity contribution in [1.29, 1.82) is 0 Å². The zero-order valence-electron chi connectivity index (χ0n) is 14.1. The van der Waals surface area contributed by atoms with Crippen molar-refractivity contribution in [1.82, 2.24) is 5.09 Å². The van der Waals surface area contributed by atoms with Gasteiger partial charge >= 0.3 is 6.72 Å². The maximum atomic E-state index is 12.7. The van der Waals surface area contributed by atoms with Crippen LogP contribution in [0.15, 0.2) is 29.2 Å². The van der Waals surface area contributed by atoms with Crippen molar-refractivity contribution in [3.8, 4) is 0 Å². The first kappa shape index (κ1) is 21.4. The Labute approximate surface area is 153 Å². The minimum absolute atomic E-state index is 0.0453. The van der Waals surface area contributed by atoms with E-state index in [9.17, 15) is 13.0 Å². The largest absolute Gasteiger partial charge is 0.353 e. The van der Waals surface area contributed by atoms with Gasteiger partial charge in [-0.05, 0) is 54.8 Å². The summed E-state index contributed by atoms with van der Waals surface area (Å²) < 4.78 is 41.6. The summed E-state index contributed by atoms with van der Waals surface area (Å²) >= 11 is 6.36. The first-order chi connectivity index (χ1) is 11.1. The van der Waals surface area contributed by atoms with Gasteiger partial charge in [0.2, 0.25) is 0 Å². The average molecular weight is 411 g/mol. The molecule has 0 fully saturated rings. The SMILES string of the molecule is CCOP(=O)(NC(=S)Nc1ccc(S(=O)(=O)CC)cc1)SC(C)C. The fraction of sp³-hybridized carbons (Fsp3) is 0.500. The van der Waals surface area contributed by atoms with Crippen LogP contribution < -0.4 is 10.4 Å². The molecular weight excluding hydrogens is 387 g/mol. The standard InChI is InChI=1S/C14H23N2O4PS3/c1-5-20-21(17,23-11(3)4)16-14(22)15-12-7-9-13(10-8-12)24(18,19)6-2/h7-11H,5-6H2,1-4H3,(H2,15,16,17,22). The Bertz CT molecular complexity index is 705. The van der Waals surface area contributed by atoms with E-state index >= 15 is 0 Å². The van der Waals surface area contributed by atoms with Crippen molar-refractivity contribution in [2.75, 3.05) is 17.7 Å². The van der Waals surface area contributed by atoms with Crippen LogP contribution in [0.2, 0.25) is 0 Å².